The molecule has 1 N–H and O–H groups in total. The van der Waals surface area contributed by atoms with Crippen LogP contribution in [0, 0.1) is 0 Å². The van der Waals surface area contributed by atoms with Gasteiger partial charge in [0.1, 0.15) is 5.75 Å². The van der Waals surface area contributed by atoms with E-state index in [0.717, 1.165) is 24.8 Å². The zero-order valence-corrected chi connectivity index (χ0v) is 18.8. The van der Waals surface area contributed by atoms with E-state index < -0.39 is 0 Å². The van der Waals surface area contributed by atoms with E-state index in [1.807, 2.05) is 36.1 Å². The van der Waals surface area contributed by atoms with Gasteiger partial charge in [-0.2, -0.15) is 0 Å². The Morgan fingerprint density at radius 2 is 1.69 bits per heavy atom. The second-order valence-electron chi connectivity index (χ2n) is 7.40. The fourth-order valence-electron chi connectivity index (χ4n) is 3.67. The van der Waals surface area contributed by atoms with E-state index in [2.05, 4.69) is 5.32 Å². The number of carbonyl (C=O) groups excluding carboxylic acids is 2. The Bertz CT molecular complexity index is 980. The summed E-state index contributed by atoms with van der Waals surface area (Å²) in [5.74, 6) is 1.07. The highest BCUT2D eigenvalue weighted by Crippen LogP contribution is 2.34. The van der Waals surface area contributed by atoms with Crippen molar-refractivity contribution in [3.63, 3.8) is 0 Å². The summed E-state index contributed by atoms with van der Waals surface area (Å²) in [5.41, 5.74) is 1.55. The number of para-hydroxylation sites is 1. The minimum atomic E-state index is -0.365. The summed E-state index contributed by atoms with van der Waals surface area (Å²) in [6.45, 7) is 3.85. The lowest BCUT2D eigenvalue weighted by Crippen LogP contribution is -2.36. The second kappa shape index (κ2) is 11.2. The van der Waals surface area contributed by atoms with Crippen molar-refractivity contribution in [3.8, 4) is 17.2 Å². The largest absolute Gasteiger partial charge is 0.493 e. The van der Waals surface area contributed by atoms with E-state index in [4.69, 9.17) is 14.2 Å². The molecule has 1 aliphatic rings. The summed E-state index contributed by atoms with van der Waals surface area (Å²) in [6.07, 6.45) is 6.18. The van der Waals surface area contributed by atoms with Crippen molar-refractivity contribution in [1.82, 2.24) is 4.90 Å². The first-order valence-corrected chi connectivity index (χ1v) is 10.8. The van der Waals surface area contributed by atoms with Crippen molar-refractivity contribution >= 4 is 23.6 Å². The van der Waals surface area contributed by atoms with Gasteiger partial charge in [0.05, 0.1) is 32.1 Å². The molecule has 2 aromatic carbocycles. The van der Waals surface area contributed by atoms with Crippen LogP contribution >= 0.6 is 0 Å². The monoisotopic (exact) mass is 438 g/mol. The summed E-state index contributed by atoms with van der Waals surface area (Å²) in [4.78, 5) is 27.7. The zero-order valence-electron chi connectivity index (χ0n) is 18.8. The maximum atomic E-state index is 13.2. The Morgan fingerprint density at radius 3 is 2.38 bits per heavy atom. The molecule has 2 amide bonds. The number of ether oxygens (including phenoxy) is 3. The standard InChI is InChI=1S/C25H30N2O5/c1-4-32-21-11-7-6-10-18(21)12-13-24(28)26-20-17-23(31-3)22(30-2)16-19(20)25(29)27-14-8-5-9-15-27/h6-7,10-13,16-17H,4-5,8-9,14-15H2,1-3H3,(H,26,28)/b13-12+. The lowest BCUT2D eigenvalue weighted by atomic mass is 10.1. The third kappa shape index (κ3) is 5.60. The van der Waals surface area contributed by atoms with Gasteiger partial charge in [0.15, 0.2) is 11.5 Å². The highest BCUT2D eigenvalue weighted by Gasteiger charge is 2.24. The molecule has 0 unspecified atom stereocenters. The fraction of sp³-hybridized carbons (Fsp3) is 0.360. The smallest absolute Gasteiger partial charge is 0.256 e. The molecule has 1 heterocycles. The van der Waals surface area contributed by atoms with Crippen LogP contribution in [0.15, 0.2) is 42.5 Å². The molecule has 3 rings (SSSR count). The van der Waals surface area contributed by atoms with E-state index in [1.54, 1.807) is 18.2 Å². The molecule has 7 nitrogen and oxygen atoms in total. The van der Waals surface area contributed by atoms with Gasteiger partial charge in [-0.25, -0.2) is 0 Å². The predicted octanol–water partition coefficient (Wildman–Crippen LogP) is 4.38. The molecular formula is C25H30N2O5. The van der Waals surface area contributed by atoms with Crippen LogP contribution in [0.5, 0.6) is 17.2 Å². The number of rotatable bonds is 8. The summed E-state index contributed by atoms with van der Waals surface area (Å²) in [6, 6.07) is 10.7. The SMILES string of the molecule is CCOc1ccccc1/C=C/C(=O)Nc1cc(OC)c(OC)cc1C(=O)N1CCCCC1. The molecule has 32 heavy (non-hydrogen) atoms. The first kappa shape index (κ1) is 23.2. The molecule has 2 aromatic rings. The van der Waals surface area contributed by atoms with E-state index in [1.165, 1.54) is 20.3 Å². The van der Waals surface area contributed by atoms with Crippen molar-refractivity contribution < 1.29 is 23.8 Å². The number of hydrogen-bond acceptors (Lipinski definition) is 5. The molecule has 0 spiro atoms. The van der Waals surface area contributed by atoms with Gasteiger partial charge < -0.3 is 24.4 Å². The van der Waals surface area contributed by atoms with E-state index >= 15 is 0 Å². The Labute approximate surface area is 189 Å². The quantitative estimate of drug-likeness (QED) is 0.619. The summed E-state index contributed by atoms with van der Waals surface area (Å²) >= 11 is 0. The van der Waals surface area contributed by atoms with Crippen LogP contribution in [0.1, 0.15) is 42.1 Å². The normalized spacial score (nSPS) is 13.7. The molecule has 7 heteroatoms. The molecule has 0 saturated carbocycles. The van der Waals surface area contributed by atoms with Gasteiger partial charge in [-0.05, 0) is 44.4 Å². The van der Waals surface area contributed by atoms with Crippen LogP contribution in [0.2, 0.25) is 0 Å². The second-order valence-corrected chi connectivity index (χ2v) is 7.40. The lowest BCUT2D eigenvalue weighted by Gasteiger charge is -2.28. The van der Waals surface area contributed by atoms with E-state index in [-0.39, 0.29) is 11.8 Å². The average molecular weight is 439 g/mol. The third-order valence-corrected chi connectivity index (χ3v) is 5.29. The molecule has 0 bridgehead atoms. The Hall–Kier alpha value is -3.48. The topological polar surface area (TPSA) is 77.1 Å². The molecule has 1 saturated heterocycles. The van der Waals surface area contributed by atoms with Gasteiger partial charge in [0, 0.05) is 30.8 Å². The zero-order chi connectivity index (χ0) is 22.9. The number of likely N-dealkylation sites (tertiary alicyclic amines) is 1. The number of nitrogens with zero attached hydrogens (tertiary/aromatic N) is 1. The van der Waals surface area contributed by atoms with Crippen LogP contribution in [0.25, 0.3) is 6.08 Å². The highest BCUT2D eigenvalue weighted by molar-refractivity contribution is 6.08. The predicted molar refractivity (Wildman–Crippen MR) is 125 cm³/mol. The Kier molecular flexibility index (Phi) is 8.14. The number of anilines is 1. The van der Waals surface area contributed by atoms with Crippen molar-refractivity contribution in [3.05, 3.63) is 53.6 Å². The number of hydrogen-bond donors (Lipinski definition) is 1. The molecule has 1 fully saturated rings. The molecule has 1 aliphatic heterocycles. The molecular weight excluding hydrogens is 408 g/mol. The molecule has 0 radical (unpaired) electrons. The minimum Gasteiger partial charge on any atom is -0.493 e. The summed E-state index contributed by atoms with van der Waals surface area (Å²) in [7, 11) is 3.03. The number of benzene rings is 2. The lowest BCUT2D eigenvalue weighted by molar-refractivity contribution is -0.111. The van der Waals surface area contributed by atoms with Crippen LogP contribution in [-0.4, -0.2) is 50.6 Å². The van der Waals surface area contributed by atoms with Crippen LogP contribution in [0.4, 0.5) is 5.69 Å². The first-order valence-electron chi connectivity index (χ1n) is 10.8. The van der Waals surface area contributed by atoms with Gasteiger partial charge in [-0.1, -0.05) is 18.2 Å². The number of amides is 2. The Morgan fingerprint density at radius 1 is 1.00 bits per heavy atom. The van der Waals surface area contributed by atoms with Gasteiger partial charge in [0.2, 0.25) is 5.91 Å². The fourth-order valence-corrected chi connectivity index (χ4v) is 3.67. The molecule has 170 valence electrons. The Balaban J connectivity index is 1.87. The molecule has 0 atom stereocenters. The van der Waals surface area contributed by atoms with E-state index in [0.29, 0.717) is 48.2 Å². The van der Waals surface area contributed by atoms with Crippen LogP contribution in [-0.2, 0) is 4.79 Å². The van der Waals surface area contributed by atoms with Crippen molar-refractivity contribution in [2.75, 3.05) is 39.2 Å². The number of carbonyl (C=O) groups is 2. The van der Waals surface area contributed by atoms with Crippen molar-refractivity contribution in [2.45, 2.75) is 26.2 Å². The van der Waals surface area contributed by atoms with Crippen molar-refractivity contribution in [1.29, 1.82) is 0 Å². The average Bonchev–Trinajstić information content (AvgIpc) is 2.83. The number of nitrogens with one attached hydrogen (secondary N) is 1. The third-order valence-electron chi connectivity index (χ3n) is 5.29. The van der Waals surface area contributed by atoms with Gasteiger partial charge in [-0.15, -0.1) is 0 Å². The number of piperidine rings is 1. The van der Waals surface area contributed by atoms with Crippen molar-refractivity contribution in [2.24, 2.45) is 0 Å². The van der Waals surface area contributed by atoms with Gasteiger partial charge >= 0.3 is 0 Å². The van der Waals surface area contributed by atoms with Crippen LogP contribution in [0.3, 0.4) is 0 Å². The highest BCUT2D eigenvalue weighted by atomic mass is 16.5. The summed E-state index contributed by atoms with van der Waals surface area (Å²) in [5, 5.41) is 2.83. The van der Waals surface area contributed by atoms with Gasteiger partial charge in [0.25, 0.3) is 5.91 Å². The molecule has 0 aromatic heterocycles. The maximum absolute atomic E-state index is 13.2. The first-order chi connectivity index (χ1) is 15.6. The van der Waals surface area contributed by atoms with Crippen LogP contribution < -0.4 is 19.5 Å². The van der Waals surface area contributed by atoms with E-state index in [9.17, 15) is 9.59 Å². The minimum absolute atomic E-state index is 0.133. The number of methoxy groups -OCH3 is 2. The molecule has 0 aliphatic carbocycles. The van der Waals surface area contributed by atoms with Gasteiger partial charge in [-0.3, -0.25) is 9.59 Å². The maximum Gasteiger partial charge on any atom is 0.256 e. The summed E-state index contributed by atoms with van der Waals surface area (Å²) < 4.78 is 16.4.